The fourth-order valence-electron chi connectivity index (χ4n) is 2.51. The molecule has 2 aromatic rings. The molecule has 0 aliphatic carbocycles. The maximum Gasteiger partial charge on any atom is 0.339 e. The average Bonchev–Trinajstić information content (AvgIpc) is 2.47. The Kier molecular flexibility index (Phi) is 3.47. The molecule has 108 valence electrons. The molecule has 0 amide bonds. The van der Waals surface area contributed by atoms with E-state index in [4.69, 9.17) is 16.3 Å². The maximum atomic E-state index is 11.4. The smallest absolute Gasteiger partial charge is 0.339 e. The minimum Gasteiger partial charge on any atom is -0.486 e. The summed E-state index contributed by atoms with van der Waals surface area (Å²) in [6, 6.07) is 12.9. The number of nitrogens with zero attached hydrogens (tertiary/aromatic N) is 1. The number of hydrogen-bond donors (Lipinski definition) is 1. The van der Waals surface area contributed by atoms with E-state index in [0.29, 0.717) is 23.0 Å². The van der Waals surface area contributed by atoms with Crippen LogP contribution in [0, 0.1) is 0 Å². The third kappa shape index (κ3) is 2.54. The molecule has 5 heteroatoms. The Morgan fingerprint density at radius 3 is 2.71 bits per heavy atom. The van der Waals surface area contributed by atoms with Gasteiger partial charge in [0.1, 0.15) is 11.7 Å². The third-order valence-corrected chi connectivity index (χ3v) is 3.60. The van der Waals surface area contributed by atoms with Crippen LogP contribution in [0.15, 0.2) is 42.5 Å². The lowest BCUT2D eigenvalue weighted by Gasteiger charge is -2.35. The molecule has 21 heavy (non-hydrogen) atoms. The molecular weight excluding hydrogens is 290 g/mol. The van der Waals surface area contributed by atoms with Crippen molar-refractivity contribution in [1.82, 2.24) is 0 Å². The first-order valence-electron chi connectivity index (χ1n) is 6.62. The van der Waals surface area contributed by atoms with E-state index < -0.39 is 5.97 Å². The van der Waals surface area contributed by atoms with Crippen LogP contribution in [0.2, 0.25) is 5.02 Å². The number of anilines is 2. The number of para-hydroxylation sites is 1. The molecule has 0 aromatic heterocycles. The van der Waals surface area contributed by atoms with Crippen molar-refractivity contribution in [3.05, 3.63) is 53.1 Å². The summed E-state index contributed by atoms with van der Waals surface area (Å²) in [4.78, 5) is 13.4. The predicted molar refractivity (Wildman–Crippen MR) is 81.9 cm³/mol. The number of halogens is 1. The van der Waals surface area contributed by atoms with Crippen LogP contribution in [0.5, 0.6) is 5.75 Å². The van der Waals surface area contributed by atoms with E-state index in [1.54, 1.807) is 6.07 Å². The van der Waals surface area contributed by atoms with Crippen molar-refractivity contribution in [3.63, 3.8) is 0 Å². The third-order valence-electron chi connectivity index (χ3n) is 3.38. The normalized spacial score (nSPS) is 17.0. The molecule has 0 saturated carbocycles. The molecule has 2 aromatic carbocycles. The first kappa shape index (κ1) is 13.8. The molecule has 1 N–H and O–H groups in total. The SMILES string of the molecule is CC1CN(c2ccccc2)c2cc(Cl)cc(C(=O)O)c2O1. The fraction of sp³-hybridized carbons (Fsp3) is 0.188. The van der Waals surface area contributed by atoms with Crippen LogP contribution in [-0.4, -0.2) is 23.7 Å². The Balaban J connectivity index is 2.19. The van der Waals surface area contributed by atoms with Crippen molar-refractivity contribution in [2.45, 2.75) is 13.0 Å². The summed E-state index contributed by atoms with van der Waals surface area (Å²) in [5.74, 6) is -0.676. The monoisotopic (exact) mass is 303 g/mol. The van der Waals surface area contributed by atoms with Crippen LogP contribution in [0.1, 0.15) is 17.3 Å². The molecule has 0 spiro atoms. The Hall–Kier alpha value is -2.20. The topological polar surface area (TPSA) is 49.8 Å². The second-order valence-corrected chi connectivity index (χ2v) is 5.42. The van der Waals surface area contributed by atoms with Crippen LogP contribution in [0.4, 0.5) is 11.4 Å². The second kappa shape index (κ2) is 5.30. The molecule has 0 saturated heterocycles. The van der Waals surface area contributed by atoms with Gasteiger partial charge in [0.15, 0.2) is 5.75 Å². The Morgan fingerprint density at radius 1 is 1.33 bits per heavy atom. The zero-order chi connectivity index (χ0) is 15.0. The first-order valence-corrected chi connectivity index (χ1v) is 7.00. The van der Waals surface area contributed by atoms with Crippen molar-refractivity contribution in [2.75, 3.05) is 11.4 Å². The van der Waals surface area contributed by atoms with Gasteiger partial charge in [-0.25, -0.2) is 4.79 Å². The number of carboxylic acid groups (broad SMARTS) is 1. The van der Waals surface area contributed by atoms with E-state index in [1.165, 1.54) is 6.07 Å². The highest BCUT2D eigenvalue weighted by Gasteiger charge is 2.29. The minimum absolute atomic E-state index is 0.0879. The number of carboxylic acids is 1. The van der Waals surface area contributed by atoms with E-state index in [1.807, 2.05) is 42.2 Å². The van der Waals surface area contributed by atoms with Gasteiger partial charge in [0.2, 0.25) is 0 Å². The molecule has 0 bridgehead atoms. The standard InChI is InChI=1S/C16H14ClNO3/c1-10-9-18(12-5-3-2-4-6-12)14-8-11(17)7-13(16(19)20)15(14)21-10/h2-8,10H,9H2,1H3,(H,19,20). The van der Waals surface area contributed by atoms with Gasteiger partial charge in [-0.2, -0.15) is 0 Å². The van der Waals surface area contributed by atoms with E-state index >= 15 is 0 Å². The summed E-state index contributed by atoms with van der Waals surface area (Å²) >= 11 is 6.07. The molecule has 3 rings (SSSR count). The molecule has 1 unspecified atom stereocenters. The van der Waals surface area contributed by atoms with Gasteiger partial charge in [-0.3, -0.25) is 0 Å². The van der Waals surface area contributed by atoms with Gasteiger partial charge >= 0.3 is 5.97 Å². The quantitative estimate of drug-likeness (QED) is 0.912. The number of ether oxygens (including phenoxy) is 1. The van der Waals surface area contributed by atoms with Crippen molar-refractivity contribution in [2.24, 2.45) is 0 Å². The lowest BCUT2D eigenvalue weighted by Crippen LogP contribution is -2.36. The number of hydrogen-bond acceptors (Lipinski definition) is 3. The van der Waals surface area contributed by atoms with Crippen LogP contribution in [0.25, 0.3) is 0 Å². The molecule has 1 aliphatic rings. The summed E-state index contributed by atoms with van der Waals surface area (Å²) in [5.41, 5.74) is 1.75. The lowest BCUT2D eigenvalue weighted by atomic mass is 10.1. The highest BCUT2D eigenvalue weighted by Crippen LogP contribution is 2.42. The Morgan fingerprint density at radius 2 is 2.05 bits per heavy atom. The van der Waals surface area contributed by atoms with Crippen LogP contribution in [0.3, 0.4) is 0 Å². The van der Waals surface area contributed by atoms with E-state index in [2.05, 4.69) is 0 Å². The number of benzene rings is 2. The van der Waals surface area contributed by atoms with Crippen molar-refractivity contribution in [1.29, 1.82) is 0 Å². The average molecular weight is 304 g/mol. The highest BCUT2D eigenvalue weighted by atomic mass is 35.5. The summed E-state index contributed by atoms with van der Waals surface area (Å²) in [6.07, 6.45) is -0.114. The zero-order valence-corrected chi connectivity index (χ0v) is 12.2. The Bertz CT molecular complexity index is 687. The van der Waals surface area contributed by atoms with Gasteiger partial charge in [0.25, 0.3) is 0 Å². The molecule has 4 nitrogen and oxygen atoms in total. The Labute approximate surface area is 127 Å². The highest BCUT2D eigenvalue weighted by molar-refractivity contribution is 6.31. The van der Waals surface area contributed by atoms with Crippen LogP contribution in [-0.2, 0) is 0 Å². The summed E-state index contributed by atoms with van der Waals surface area (Å²) in [5, 5.41) is 9.73. The van der Waals surface area contributed by atoms with E-state index in [9.17, 15) is 9.90 Å². The van der Waals surface area contributed by atoms with Gasteiger partial charge in [0.05, 0.1) is 12.2 Å². The van der Waals surface area contributed by atoms with Gasteiger partial charge < -0.3 is 14.7 Å². The molecule has 1 atom stereocenters. The van der Waals surface area contributed by atoms with E-state index in [-0.39, 0.29) is 11.7 Å². The van der Waals surface area contributed by atoms with Gasteiger partial charge in [0, 0.05) is 10.7 Å². The van der Waals surface area contributed by atoms with Crippen LogP contribution >= 0.6 is 11.6 Å². The molecule has 1 heterocycles. The summed E-state index contributed by atoms with van der Waals surface area (Å²) in [6.45, 7) is 2.55. The van der Waals surface area contributed by atoms with Gasteiger partial charge in [-0.1, -0.05) is 29.8 Å². The summed E-state index contributed by atoms with van der Waals surface area (Å²) < 4.78 is 5.75. The zero-order valence-electron chi connectivity index (χ0n) is 11.4. The van der Waals surface area contributed by atoms with Gasteiger partial charge in [-0.15, -0.1) is 0 Å². The van der Waals surface area contributed by atoms with Gasteiger partial charge in [-0.05, 0) is 31.2 Å². The van der Waals surface area contributed by atoms with Crippen molar-refractivity contribution < 1.29 is 14.6 Å². The number of rotatable bonds is 2. The molecule has 0 radical (unpaired) electrons. The molecular formula is C16H14ClNO3. The lowest BCUT2D eigenvalue weighted by molar-refractivity contribution is 0.0689. The first-order chi connectivity index (χ1) is 10.1. The summed E-state index contributed by atoms with van der Waals surface area (Å²) in [7, 11) is 0. The number of carbonyl (C=O) groups is 1. The van der Waals surface area contributed by atoms with Crippen molar-refractivity contribution in [3.8, 4) is 5.75 Å². The van der Waals surface area contributed by atoms with Crippen LogP contribution < -0.4 is 9.64 Å². The number of aromatic carboxylic acids is 1. The molecule has 0 fully saturated rings. The molecule has 1 aliphatic heterocycles. The minimum atomic E-state index is -1.05. The second-order valence-electron chi connectivity index (χ2n) is 4.98. The number of fused-ring (bicyclic) bond motifs is 1. The predicted octanol–water partition coefficient (Wildman–Crippen LogP) is 3.96. The van der Waals surface area contributed by atoms with E-state index in [0.717, 1.165) is 5.69 Å². The largest absolute Gasteiger partial charge is 0.486 e. The maximum absolute atomic E-state index is 11.4. The fourth-order valence-corrected chi connectivity index (χ4v) is 2.72. The van der Waals surface area contributed by atoms with Crippen molar-refractivity contribution >= 4 is 28.9 Å².